The van der Waals surface area contributed by atoms with Gasteiger partial charge in [-0.25, -0.2) is 0 Å². The molecule has 0 amide bonds. The summed E-state index contributed by atoms with van der Waals surface area (Å²) >= 11 is 5.49. The van der Waals surface area contributed by atoms with E-state index >= 15 is 0 Å². The molecule has 0 N–H and O–H groups in total. The zero-order chi connectivity index (χ0) is 9.52. The fraction of sp³-hybridized carbons (Fsp3) is 0.300. The first-order valence-corrected chi connectivity index (χ1v) is 4.65. The van der Waals surface area contributed by atoms with Gasteiger partial charge in [0, 0.05) is 5.88 Å². The van der Waals surface area contributed by atoms with E-state index in [4.69, 9.17) is 16.3 Å². The Bertz CT molecular complexity index is 273. The average molecular weight is 199 g/mol. The zero-order valence-electron chi connectivity index (χ0n) is 7.20. The van der Waals surface area contributed by atoms with Gasteiger partial charge in [0.25, 0.3) is 0 Å². The first-order chi connectivity index (χ1) is 6.38. The van der Waals surface area contributed by atoms with E-state index in [1.807, 2.05) is 6.07 Å². The molecule has 0 heterocycles. The molecular weight excluding hydrogens is 188 g/mol. The van der Waals surface area contributed by atoms with E-state index in [1.165, 1.54) is 0 Å². The van der Waals surface area contributed by atoms with Crippen LogP contribution in [0, 0.1) is 0 Å². The van der Waals surface area contributed by atoms with Gasteiger partial charge in [-0.15, -0.1) is 11.6 Å². The first kappa shape index (κ1) is 10.1. The predicted molar refractivity (Wildman–Crippen MR) is 52.7 cm³/mol. The molecule has 0 spiro atoms. The van der Waals surface area contributed by atoms with Crippen molar-refractivity contribution in [3.05, 3.63) is 29.8 Å². The molecule has 0 aliphatic heterocycles. The lowest BCUT2D eigenvalue weighted by Crippen LogP contribution is -1.99. The molecule has 1 aromatic rings. The Hall–Kier alpha value is -1.02. The van der Waals surface area contributed by atoms with Crippen LogP contribution >= 0.6 is 11.6 Å². The van der Waals surface area contributed by atoms with Gasteiger partial charge in [-0.1, -0.05) is 12.1 Å². The molecule has 0 radical (unpaired) electrons. The van der Waals surface area contributed by atoms with Crippen molar-refractivity contribution in [1.82, 2.24) is 0 Å². The molecule has 0 atom stereocenters. The standard InChI is InChI=1S/C10H11ClO2/c11-6-3-7-13-10-5-2-1-4-9(10)8-12/h1-2,4-5,8H,3,6-7H2. The van der Waals surface area contributed by atoms with Gasteiger partial charge in [0.2, 0.25) is 0 Å². The van der Waals surface area contributed by atoms with Crippen LogP contribution in [0.1, 0.15) is 16.8 Å². The van der Waals surface area contributed by atoms with Crippen LogP contribution in [0.2, 0.25) is 0 Å². The van der Waals surface area contributed by atoms with Crippen LogP contribution in [-0.2, 0) is 0 Å². The summed E-state index contributed by atoms with van der Waals surface area (Å²) in [6, 6.07) is 7.14. The lowest BCUT2D eigenvalue weighted by Gasteiger charge is -2.06. The third-order valence-electron chi connectivity index (χ3n) is 1.58. The zero-order valence-corrected chi connectivity index (χ0v) is 7.96. The second-order valence-corrected chi connectivity index (χ2v) is 2.92. The summed E-state index contributed by atoms with van der Waals surface area (Å²) in [7, 11) is 0. The maximum Gasteiger partial charge on any atom is 0.153 e. The Morgan fingerprint density at radius 2 is 2.15 bits per heavy atom. The molecule has 0 fully saturated rings. The van der Waals surface area contributed by atoms with Crippen LogP contribution in [-0.4, -0.2) is 18.8 Å². The Morgan fingerprint density at radius 1 is 1.38 bits per heavy atom. The van der Waals surface area contributed by atoms with E-state index in [2.05, 4.69) is 0 Å². The number of carbonyl (C=O) groups excluding carboxylic acids is 1. The molecule has 0 bridgehead atoms. The monoisotopic (exact) mass is 198 g/mol. The number of carbonyl (C=O) groups is 1. The number of ether oxygens (including phenoxy) is 1. The van der Waals surface area contributed by atoms with Gasteiger partial charge in [-0.2, -0.15) is 0 Å². The van der Waals surface area contributed by atoms with Crippen LogP contribution in [0.4, 0.5) is 0 Å². The van der Waals surface area contributed by atoms with Gasteiger partial charge in [0.15, 0.2) is 6.29 Å². The Balaban J connectivity index is 2.59. The number of halogens is 1. The van der Waals surface area contributed by atoms with E-state index in [0.29, 0.717) is 23.8 Å². The van der Waals surface area contributed by atoms with Crippen LogP contribution in [0.5, 0.6) is 5.75 Å². The van der Waals surface area contributed by atoms with E-state index in [0.717, 1.165) is 12.7 Å². The Kier molecular flexibility index (Phi) is 4.33. The van der Waals surface area contributed by atoms with E-state index in [1.54, 1.807) is 18.2 Å². The summed E-state index contributed by atoms with van der Waals surface area (Å²) in [4.78, 5) is 10.6. The molecule has 0 saturated heterocycles. The summed E-state index contributed by atoms with van der Waals surface area (Å²) < 4.78 is 5.35. The highest BCUT2D eigenvalue weighted by Gasteiger charge is 1.99. The Labute approximate surface area is 82.5 Å². The minimum atomic E-state index is 0.550. The fourth-order valence-electron chi connectivity index (χ4n) is 0.946. The SMILES string of the molecule is O=Cc1ccccc1OCCCCl. The van der Waals surface area contributed by atoms with Crippen molar-refractivity contribution in [3.63, 3.8) is 0 Å². The molecule has 2 nitrogen and oxygen atoms in total. The third kappa shape index (κ3) is 3.07. The molecule has 0 saturated carbocycles. The summed E-state index contributed by atoms with van der Waals surface area (Å²) in [5.74, 6) is 1.20. The fourth-order valence-corrected chi connectivity index (χ4v) is 1.06. The smallest absolute Gasteiger partial charge is 0.153 e. The highest BCUT2D eigenvalue weighted by molar-refractivity contribution is 6.17. The summed E-state index contributed by atoms with van der Waals surface area (Å²) in [6.07, 6.45) is 1.57. The minimum Gasteiger partial charge on any atom is -0.493 e. The number of hydrogen-bond acceptors (Lipinski definition) is 2. The number of aldehydes is 1. The molecule has 70 valence electrons. The number of para-hydroxylation sites is 1. The first-order valence-electron chi connectivity index (χ1n) is 4.11. The van der Waals surface area contributed by atoms with Gasteiger partial charge in [-0.05, 0) is 18.6 Å². The molecule has 0 aliphatic rings. The second kappa shape index (κ2) is 5.60. The average Bonchev–Trinajstić information content (AvgIpc) is 2.19. The van der Waals surface area contributed by atoms with Crippen LogP contribution in [0.25, 0.3) is 0 Å². The highest BCUT2D eigenvalue weighted by atomic mass is 35.5. The quantitative estimate of drug-likeness (QED) is 0.413. The molecule has 0 aromatic heterocycles. The largest absolute Gasteiger partial charge is 0.493 e. The van der Waals surface area contributed by atoms with Gasteiger partial charge in [0.1, 0.15) is 5.75 Å². The topological polar surface area (TPSA) is 26.3 Å². The molecule has 3 heteroatoms. The molecule has 13 heavy (non-hydrogen) atoms. The van der Waals surface area contributed by atoms with Crippen molar-refractivity contribution in [3.8, 4) is 5.75 Å². The minimum absolute atomic E-state index is 0.550. The molecule has 0 unspecified atom stereocenters. The van der Waals surface area contributed by atoms with Crippen molar-refractivity contribution >= 4 is 17.9 Å². The van der Waals surface area contributed by atoms with Crippen molar-refractivity contribution in [2.75, 3.05) is 12.5 Å². The van der Waals surface area contributed by atoms with Crippen LogP contribution in [0.15, 0.2) is 24.3 Å². The molecular formula is C10H11ClO2. The van der Waals surface area contributed by atoms with Crippen molar-refractivity contribution in [2.45, 2.75) is 6.42 Å². The maximum absolute atomic E-state index is 10.6. The number of benzene rings is 1. The summed E-state index contributed by atoms with van der Waals surface area (Å²) in [5.41, 5.74) is 0.581. The van der Waals surface area contributed by atoms with E-state index in [9.17, 15) is 4.79 Å². The van der Waals surface area contributed by atoms with E-state index in [-0.39, 0.29) is 0 Å². The number of hydrogen-bond donors (Lipinski definition) is 0. The summed E-state index contributed by atoms with van der Waals surface area (Å²) in [6.45, 7) is 0.550. The molecule has 0 aliphatic carbocycles. The van der Waals surface area contributed by atoms with Crippen molar-refractivity contribution < 1.29 is 9.53 Å². The van der Waals surface area contributed by atoms with Gasteiger partial charge >= 0.3 is 0 Å². The van der Waals surface area contributed by atoms with Crippen LogP contribution < -0.4 is 4.74 Å². The van der Waals surface area contributed by atoms with Gasteiger partial charge in [0.05, 0.1) is 12.2 Å². The highest BCUT2D eigenvalue weighted by Crippen LogP contribution is 2.15. The maximum atomic E-state index is 10.6. The third-order valence-corrected chi connectivity index (χ3v) is 1.85. The lowest BCUT2D eigenvalue weighted by molar-refractivity contribution is 0.111. The van der Waals surface area contributed by atoms with Gasteiger partial charge < -0.3 is 4.74 Å². The van der Waals surface area contributed by atoms with Gasteiger partial charge in [-0.3, -0.25) is 4.79 Å². The van der Waals surface area contributed by atoms with E-state index < -0.39 is 0 Å². The summed E-state index contributed by atoms with van der Waals surface area (Å²) in [5, 5.41) is 0. The molecule has 1 rings (SSSR count). The van der Waals surface area contributed by atoms with Crippen molar-refractivity contribution in [2.24, 2.45) is 0 Å². The Morgan fingerprint density at radius 3 is 2.85 bits per heavy atom. The lowest BCUT2D eigenvalue weighted by atomic mass is 10.2. The second-order valence-electron chi connectivity index (χ2n) is 2.55. The number of alkyl halides is 1. The predicted octanol–water partition coefficient (Wildman–Crippen LogP) is 2.51. The van der Waals surface area contributed by atoms with Crippen molar-refractivity contribution in [1.29, 1.82) is 0 Å². The normalized spacial score (nSPS) is 9.62. The number of rotatable bonds is 5. The van der Waals surface area contributed by atoms with Crippen LogP contribution in [0.3, 0.4) is 0 Å². The molecule has 1 aromatic carbocycles.